The molecule has 0 N–H and O–H groups in total. The summed E-state index contributed by atoms with van der Waals surface area (Å²) in [6.45, 7) is 0. The molecule has 9 aromatic rings. The van der Waals surface area contributed by atoms with Crippen LogP contribution < -0.4 is 81.9 Å². The smallest absolute Gasteiger partial charge is 0.164 e. The molecule has 0 atom stereocenters. The van der Waals surface area contributed by atoms with E-state index in [1.165, 1.54) is 110 Å². The van der Waals surface area contributed by atoms with Crippen molar-refractivity contribution in [2.75, 3.05) is 0 Å². The highest BCUT2D eigenvalue weighted by molar-refractivity contribution is 6.72. The number of nitrogens with zero attached hydrogens (tertiary/aromatic N) is 3. The van der Waals surface area contributed by atoms with Gasteiger partial charge in [-0.1, -0.05) is 140 Å². The Labute approximate surface area is 391 Å². The standard InChI is InChI=1S/C45H44B15N3O/c46-26-19(21-28(48)32(52)23-24-33(53)29(49)22(37(57)42(24)64-41(23)36(21)56)20-30(50)38(58)40(60)39(59)31(20)51)27(47)35(55)25(34(26)54)45-62-43(17-9-5-2-6-10-17)61-44(63-45)18-13-11-16(12-14-18)15-7-3-1-4-8-15/h1-14H,46-60H2. The van der Waals surface area contributed by atoms with Gasteiger partial charge in [0.15, 0.2) is 17.5 Å². The van der Waals surface area contributed by atoms with Crippen LogP contribution in [0.15, 0.2) is 89.3 Å². The van der Waals surface area contributed by atoms with Crippen LogP contribution in [0.5, 0.6) is 0 Å². The first-order valence-electron chi connectivity index (χ1n) is 22.6. The molecule has 64 heavy (non-hydrogen) atoms. The molecule has 0 radical (unpaired) electrons. The Bertz CT molecular complexity index is 3380. The second-order valence-electron chi connectivity index (χ2n) is 18.4. The van der Waals surface area contributed by atoms with Gasteiger partial charge in [-0.15, -0.1) is 16.4 Å². The number of aromatic nitrogens is 3. The minimum atomic E-state index is 0.654. The van der Waals surface area contributed by atoms with Crippen LogP contribution in [0.2, 0.25) is 0 Å². The molecule has 0 saturated heterocycles. The van der Waals surface area contributed by atoms with E-state index < -0.39 is 0 Å². The Balaban J connectivity index is 1.24. The average Bonchev–Trinajstić information content (AvgIpc) is 3.73. The van der Waals surface area contributed by atoms with E-state index in [1.807, 2.05) is 24.3 Å². The highest BCUT2D eigenvalue weighted by atomic mass is 16.3. The number of benzene rings is 7. The first kappa shape index (κ1) is 43.6. The second-order valence-corrected chi connectivity index (χ2v) is 18.4. The van der Waals surface area contributed by atoms with Gasteiger partial charge in [0.05, 0.1) is 0 Å². The van der Waals surface area contributed by atoms with Crippen molar-refractivity contribution >= 4 is 222 Å². The lowest BCUT2D eigenvalue weighted by molar-refractivity contribution is 0.674. The molecule has 4 nitrogen and oxygen atoms in total. The fourth-order valence-electron chi connectivity index (χ4n) is 10.6. The van der Waals surface area contributed by atoms with Gasteiger partial charge in [0.25, 0.3) is 0 Å². The van der Waals surface area contributed by atoms with Crippen molar-refractivity contribution in [3.8, 4) is 67.5 Å². The Morgan fingerprint density at radius 3 is 0.969 bits per heavy atom. The summed E-state index contributed by atoms with van der Waals surface area (Å²) in [6, 6.07) is 29.2. The molecule has 2 heterocycles. The Morgan fingerprint density at radius 1 is 0.250 bits per heavy atom. The van der Waals surface area contributed by atoms with Crippen LogP contribution in [0.1, 0.15) is 0 Å². The predicted octanol–water partition coefficient (Wildman–Crippen LogP) is -14.4. The van der Waals surface area contributed by atoms with Crippen molar-refractivity contribution in [2.24, 2.45) is 0 Å². The van der Waals surface area contributed by atoms with Crippen molar-refractivity contribution in [3.05, 3.63) is 84.9 Å². The zero-order valence-corrected chi connectivity index (χ0v) is 40.3. The van der Waals surface area contributed by atoms with Gasteiger partial charge in [0.1, 0.15) is 129 Å². The molecule has 0 aliphatic carbocycles. The third-order valence-electron chi connectivity index (χ3n) is 15.2. The van der Waals surface area contributed by atoms with Gasteiger partial charge >= 0.3 is 0 Å². The molecule has 7 aromatic carbocycles. The molecule has 0 spiro atoms. The van der Waals surface area contributed by atoms with Gasteiger partial charge in [-0.2, -0.15) is 0 Å². The Morgan fingerprint density at radius 2 is 0.531 bits per heavy atom. The van der Waals surface area contributed by atoms with E-state index in [1.54, 1.807) is 0 Å². The summed E-state index contributed by atoms with van der Waals surface area (Å²) in [7, 11) is 34.1. The molecule has 290 valence electrons. The molecule has 0 aliphatic rings. The van der Waals surface area contributed by atoms with Crippen LogP contribution >= 0.6 is 0 Å². The van der Waals surface area contributed by atoms with E-state index in [0.29, 0.717) is 17.5 Å². The maximum atomic E-state index is 7.22. The van der Waals surface area contributed by atoms with Crippen LogP contribution in [0.4, 0.5) is 0 Å². The van der Waals surface area contributed by atoms with Crippen molar-refractivity contribution in [1.82, 2.24) is 15.0 Å². The molecule has 2 aromatic heterocycles. The molecule has 0 saturated carbocycles. The average molecular weight is 805 g/mol. The first-order valence-corrected chi connectivity index (χ1v) is 22.6. The Kier molecular flexibility index (Phi) is 11.2. The fraction of sp³-hybridized carbons (Fsp3) is 0. The lowest BCUT2D eigenvalue weighted by Crippen LogP contribution is -2.56. The highest BCUT2D eigenvalue weighted by Crippen LogP contribution is 2.29. The molecular weight excluding hydrogens is 761 g/mol. The summed E-state index contributed by atoms with van der Waals surface area (Å²) in [6.07, 6.45) is 0. The molecule has 19 heteroatoms. The van der Waals surface area contributed by atoms with Crippen LogP contribution in [0, 0.1) is 0 Å². The van der Waals surface area contributed by atoms with Crippen molar-refractivity contribution in [1.29, 1.82) is 0 Å². The third-order valence-corrected chi connectivity index (χ3v) is 15.2. The van der Waals surface area contributed by atoms with Crippen LogP contribution in [-0.4, -0.2) is 133 Å². The highest BCUT2D eigenvalue weighted by Gasteiger charge is 2.28. The van der Waals surface area contributed by atoms with Crippen LogP contribution in [-0.2, 0) is 0 Å². The minimum Gasteiger partial charge on any atom is -0.457 e. The van der Waals surface area contributed by atoms with E-state index in [0.717, 1.165) is 44.3 Å². The largest absolute Gasteiger partial charge is 0.457 e. The van der Waals surface area contributed by atoms with Crippen molar-refractivity contribution < 1.29 is 4.42 Å². The van der Waals surface area contributed by atoms with Gasteiger partial charge < -0.3 is 4.42 Å². The van der Waals surface area contributed by atoms with E-state index >= 15 is 0 Å². The van der Waals surface area contributed by atoms with Gasteiger partial charge in [-0.25, -0.2) is 15.0 Å². The minimum absolute atomic E-state index is 0.654. The number of furan rings is 1. The quantitative estimate of drug-likeness (QED) is 0.157. The van der Waals surface area contributed by atoms with Gasteiger partial charge in [0.2, 0.25) is 0 Å². The first-order chi connectivity index (χ1) is 30.5. The maximum Gasteiger partial charge on any atom is 0.164 e. The van der Waals surface area contributed by atoms with E-state index in [9.17, 15) is 0 Å². The molecule has 0 amide bonds. The Hall–Kier alpha value is -5.68. The van der Waals surface area contributed by atoms with Gasteiger partial charge in [-0.3, -0.25) is 0 Å². The monoisotopic (exact) mass is 807 g/mol. The fourth-order valence-corrected chi connectivity index (χ4v) is 10.6. The molecule has 0 bridgehead atoms. The number of fused-ring (bicyclic) bond motifs is 3. The zero-order valence-electron chi connectivity index (χ0n) is 40.3. The lowest BCUT2D eigenvalue weighted by Gasteiger charge is -2.25. The van der Waals surface area contributed by atoms with Gasteiger partial charge in [-0.05, 0) is 44.3 Å². The number of hydrogen-bond acceptors (Lipinski definition) is 4. The summed E-state index contributed by atoms with van der Waals surface area (Å²) in [4.78, 5) is 15.6. The predicted molar refractivity (Wildman–Crippen MR) is 322 cm³/mol. The third kappa shape index (κ3) is 6.71. The summed E-state index contributed by atoms with van der Waals surface area (Å²) < 4.78 is 7.22. The van der Waals surface area contributed by atoms with E-state index in [-0.39, 0.29) is 0 Å². The normalized spacial score (nSPS) is 11.4. The van der Waals surface area contributed by atoms with E-state index in [4.69, 9.17) is 19.4 Å². The maximum absolute atomic E-state index is 7.22. The topological polar surface area (TPSA) is 51.8 Å². The summed E-state index contributed by atoms with van der Waals surface area (Å²) in [5.41, 5.74) is 31.6. The van der Waals surface area contributed by atoms with Gasteiger partial charge in [0, 0.05) is 27.5 Å². The molecule has 0 aliphatic heterocycles. The van der Waals surface area contributed by atoms with Crippen molar-refractivity contribution in [2.45, 2.75) is 0 Å². The summed E-state index contributed by atoms with van der Waals surface area (Å²) >= 11 is 0. The second kappa shape index (κ2) is 16.4. The summed E-state index contributed by atoms with van der Waals surface area (Å²) in [5.74, 6) is 1.99. The molecule has 0 fully saturated rings. The number of hydrogen-bond donors (Lipinski definition) is 0. The zero-order chi connectivity index (χ0) is 45.6. The molecule has 9 rings (SSSR count). The molecular formula is C45H44B15N3O. The van der Waals surface area contributed by atoms with Crippen LogP contribution in [0.3, 0.4) is 0 Å². The number of rotatable bonds is 6. The van der Waals surface area contributed by atoms with E-state index in [2.05, 4.69) is 178 Å². The molecule has 0 unspecified atom stereocenters. The van der Waals surface area contributed by atoms with Crippen LogP contribution in [0.25, 0.3) is 89.5 Å². The summed E-state index contributed by atoms with van der Waals surface area (Å²) in [5, 5.41) is 2.47. The van der Waals surface area contributed by atoms with Crippen molar-refractivity contribution in [3.63, 3.8) is 0 Å². The lowest BCUT2D eigenvalue weighted by atomic mass is 9.57. The SMILES string of the molecule is Bc1c(B)c(B)c(-c2c(B)c(B)c3c(oc4c(B)c(-c5c(B)c(B)c(-c6nc(-c7ccccc7)nc(-c7ccc(-c8ccccc8)cc7)n6)c(B)c5B)c(B)c(B)c43)c2B)c(B)c1B.